The summed E-state index contributed by atoms with van der Waals surface area (Å²) >= 11 is 0. The molecule has 0 unspecified atom stereocenters. The molecule has 0 spiro atoms. The van der Waals surface area contributed by atoms with Gasteiger partial charge in [-0.1, -0.05) is 25.0 Å². The van der Waals surface area contributed by atoms with Crippen molar-refractivity contribution in [2.75, 3.05) is 5.32 Å². The average Bonchev–Trinajstić information content (AvgIpc) is 3.08. The van der Waals surface area contributed by atoms with E-state index in [9.17, 15) is 9.18 Å². The summed E-state index contributed by atoms with van der Waals surface area (Å²) in [6.45, 7) is 0.350. The standard InChI is InChI=1S/C18H20FN3O/c19-14-7-5-13(6-8-14)11-21-18(23)17-10-9-16(12-20-17)22-15-3-1-2-4-15/h5-10,12,15,22H,1-4,11H2,(H,21,23). The second-order valence-electron chi connectivity index (χ2n) is 5.87. The van der Waals surface area contributed by atoms with Gasteiger partial charge in [0.15, 0.2) is 0 Å². The number of nitrogens with zero attached hydrogens (tertiary/aromatic N) is 1. The first-order valence-corrected chi connectivity index (χ1v) is 7.96. The molecule has 2 aromatic rings. The van der Waals surface area contributed by atoms with Crippen LogP contribution in [0.4, 0.5) is 10.1 Å². The van der Waals surface area contributed by atoms with E-state index in [4.69, 9.17) is 0 Å². The molecule has 1 aromatic heterocycles. The maximum absolute atomic E-state index is 12.8. The van der Waals surface area contributed by atoms with Crippen LogP contribution in [0.2, 0.25) is 0 Å². The molecule has 1 fully saturated rings. The number of rotatable bonds is 5. The largest absolute Gasteiger partial charge is 0.381 e. The highest BCUT2D eigenvalue weighted by Crippen LogP contribution is 2.21. The minimum atomic E-state index is -0.285. The van der Waals surface area contributed by atoms with Crippen molar-refractivity contribution in [2.45, 2.75) is 38.3 Å². The van der Waals surface area contributed by atoms with Gasteiger partial charge in [-0.15, -0.1) is 0 Å². The van der Waals surface area contributed by atoms with Crippen LogP contribution in [0.1, 0.15) is 41.7 Å². The summed E-state index contributed by atoms with van der Waals surface area (Å²) in [6.07, 6.45) is 6.63. The number of hydrogen-bond donors (Lipinski definition) is 2. The Balaban J connectivity index is 1.53. The molecule has 0 bridgehead atoms. The molecule has 5 heteroatoms. The molecule has 1 aromatic carbocycles. The van der Waals surface area contributed by atoms with Gasteiger partial charge in [0.2, 0.25) is 0 Å². The van der Waals surface area contributed by atoms with Crippen LogP contribution < -0.4 is 10.6 Å². The van der Waals surface area contributed by atoms with Crippen molar-refractivity contribution < 1.29 is 9.18 Å². The second kappa shape index (κ2) is 7.22. The molecule has 1 amide bonds. The first-order chi connectivity index (χ1) is 11.2. The normalized spacial score (nSPS) is 14.7. The lowest BCUT2D eigenvalue weighted by atomic mass is 10.2. The van der Waals surface area contributed by atoms with Gasteiger partial charge in [0.1, 0.15) is 11.5 Å². The number of amides is 1. The molecule has 1 saturated carbocycles. The van der Waals surface area contributed by atoms with E-state index < -0.39 is 0 Å². The van der Waals surface area contributed by atoms with E-state index in [2.05, 4.69) is 15.6 Å². The summed E-state index contributed by atoms with van der Waals surface area (Å²) in [7, 11) is 0. The first-order valence-electron chi connectivity index (χ1n) is 7.96. The lowest BCUT2D eigenvalue weighted by Crippen LogP contribution is -2.24. The van der Waals surface area contributed by atoms with Crippen LogP contribution in [0.25, 0.3) is 0 Å². The summed E-state index contributed by atoms with van der Waals surface area (Å²) < 4.78 is 12.8. The molecule has 1 aliphatic rings. The maximum Gasteiger partial charge on any atom is 0.270 e. The van der Waals surface area contributed by atoms with Gasteiger partial charge in [0.25, 0.3) is 5.91 Å². The predicted octanol–water partition coefficient (Wildman–Crippen LogP) is 3.51. The SMILES string of the molecule is O=C(NCc1ccc(F)cc1)c1ccc(NC2CCCC2)cn1. The number of aromatic nitrogens is 1. The van der Waals surface area contributed by atoms with Crippen molar-refractivity contribution in [3.63, 3.8) is 0 Å². The molecule has 0 atom stereocenters. The van der Waals surface area contributed by atoms with E-state index in [1.165, 1.54) is 37.8 Å². The van der Waals surface area contributed by atoms with Crippen molar-refractivity contribution in [1.82, 2.24) is 10.3 Å². The molecular formula is C18H20FN3O. The van der Waals surface area contributed by atoms with E-state index in [0.29, 0.717) is 18.3 Å². The van der Waals surface area contributed by atoms with Gasteiger partial charge >= 0.3 is 0 Å². The van der Waals surface area contributed by atoms with Crippen LogP contribution in [-0.4, -0.2) is 16.9 Å². The molecular weight excluding hydrogens is 293 g/mol. The molecule has 0 saturated heterocycles. The van der Waals surface area contributed by atoms with Crippen LogP contribution in [-0.2, 0) is 6.54 Å². The first kappa shape index (κ1) is 15.5. The fourth-order valence-corrected chi connectivity index (χ4v) is 2.79. The van der Waals surface area contributed by atoms with E-state index in [0.717, 1.165) is 11.3 Å². The predicted molar refractivity (Wildman–Crippen MR) is 87.7 cm³/mol. The third-order valence-electron chi connectivity index (χ3n) is 4.09. The minimum absolute atomic E-state index is 0.234. The number of pyridine rings is 1. The van der Waals surface area contributed by atoms with Gasteiger partial charge in [-0.25, -0.2) is 9.37 Å². The van der Waals surface area contributed by atoms with Crippen molar-refractivity contribution in [3.8, 4) is 0 Å². The van der Waals surface area contributed by atoms with Crippen molar-refractivity contribution >= 4 is 11.6 Å². The molecule has 0 radical (unpaired) electrons. The number of hydrogen-bond acceptors (Lipinski definition) is 3. The Morgan fingerprint density at radius 1 is 1.13 bits per heavy atom. The van der Waals surface area contributed by atoms with Gasteiger partial charge in [-0.05, 0) is 42.7 Å². The van der Waals surface area contributed by atoms with Crippen LogP contribution in [0.15, 0.2) is 42.6 Å². The summed E-state index contributed by atoms with van der Waals surface area (Å²) in [5.41, 5.74) is 2.18. The highest BCUT2D eigenvalue weighted by molar-refractivity contribution is 5.92. The van der Waals surface area contributed by atoms with Crippen LogP contribution >= 0.6 is 0 Å². The third kappa shape index (κ3) is 4.28. The van der Waals surface area contributed by atoms with E-state index >= 15 is 0 Å². The van der Waals surface area contributed by atoms with Crippen molar-refractivity contribution in [2.24, 2.45) is 0 Å². The lowest BCUT2D eigenvalue weighted by Gasteiger charge is -2.13. The number of anilines is 1. The molecule has 4 nitrogen and oxygen atoms in total. The van der Waals surface area contributed by atoms with E-state index in [1.807, 2.05) is 6.07 Å². The highest BCUT2D eigenvalue weighted by atomic mass is 19.1. The Hall–Kier alpha value is -2.43. The maximum atomic E-state index is 12.8. The van der Waals surface area contributed by atoms with Gasteiger partial charge < -0.3 is 10.6 Å². The average molecular weight is 313 g/mol. The third-order valence-corrected chi connectivity index (χ3v) is 4.09. The zero-order valence-corrected chi connectivity index (χ0v) is 12.9. The summed E-state index contributed by atoms with van der Waals surface area (Å²) in [4.78, 5) is 16.3. The number of benzene rings is 1. The van der Waals surface area contributed by atoms with Gasteiger partial charge in [-0.3, -0.25) is 4.79 Å². The summed E-state index contributed by atoms with van der Waals surface area (Å²) in [5, 5.41) is 6.22. The second-order valence-corrected chi connectivity index (χ2v) is 5.87. The molecule has 0 aliphatic heterocycles. The van der Waals surface area contributed by atoms with Gasteiger partial charge in [-0.2, -0.15) is 0 Å². The van der Waals surface area contributed by atoms with Crippen LogP contribution in [0, 0.1) is 5.82 Å². The number of nitrogens with one attached hydrogen (secondary N) is 2. The smallest absolute Gasteiger partial charge is 0.270 e. The fraction of sp³-hybridized carbons (Fsp3) is 0.333. The zero-order chi connectivity index (χ0) is 16.1. The highest BCUT2D eigenvalue weighted by Gasteiger charge is 2.14. The Morgan fingerprint density at radius 3 is 2.52 bits per heavy atom. The Labute approximate surface area is 135 Å². The molecule has 23 heavy (non-hydrogen) atoms. The summed E-state index contributed by atoms with van der Waals surface area (Å²) in [6, 6.07) is 10.2. The van der Waals surface area contributed by atoms with Crippen LogP contribution in [0.3, 0.4) is 0 Å². The van der Waals surface area contributed by atoms with Crippen LogP contribution in [0.5, 0.6) is 0 Å². The molecule has 3 rings (SSSR count). The lowest BCUT2D eigenvalue weighted by molar-refractivity contribution is 0.0946. The summed E-state index contributed by atoms with van der Waals surface area (Å²) in [5.74, 6) is -0.520. The van der Waals surface area contributed by atoms with Gasteiger partial charge in [0.05, 0.1) is 11.9 Å². The number of halogens is 1. The molecule has 2 N–H and O–H groups in total. The minimum Gasteiger partial charge on any atom is -0.381 e. The molecule has 1 heterocycles. The fourth-order valence-electron chi connectivity index (χ4n) is 2.79. The molecule has 1 aliphatic carbocycles. The van der Waals surface area contributed by atoms with Crippen molar-refractivity contribution in [3.05, 3.63) is 59.7 Å². The Kier molecular flexibility index (Phi) is 4.86. The monoisotopic (exact) mass is 313 g/mol. The quantitative estimate of drug-likeness (QED) is 0.888. The topological polar surface area (TPSA) is 54.0 Å². The van der Waals surface area contributed by atoms with Crippen molar-refractivity contribution in [1.29, 1.82) is 0 Å². The Bertz CT molecular complexity index is 649. The number of carbonyl (C=O) groups is 1. The Morgan fingerprint density at radius 2 is 1.87 bits per heavy atom. The molecule has 120 valence electrons. The van der Waals surface area contributed by atoms with E-state index in [-0.39, 0.29) is 11.7 Å². The zero-order valence-electron chi connectivity index (χ0n) is 12.9. The van der Waals surface area contributed by atoms with E-state index in [1.54, 1.807) is 24.4 Å². The number of carbonyl (C=O) groups excluding carboxylic acids is 1. The van der Waals surface area contributed by atoms with Gasteiger partial charge in [0, 0.05) is 12.6 Å².